The molecule has 0 unspecified atom stereocenters. The SMILES string of the molecule is COC(=O)[C@H](C)CN(C)C(=O)c1cc(Cl)c2c(c1)OCCCO2. The van der Waals surface area contributed by atoms with Gasteiger partial charge in [-0.3, -0.25) is 9.59 Å². The molecule has 1 aromatic carbocycles. The van der Waals surface area contributed by atoms with E-state index < -0.39 is 5.92 Å². The number of ether oxygens (including phenoxy) is 3. The van der Waals surface area contributed by atoms with E-state index in [4.69, 9.17) is 21.1 Å². The Morgan fingerprint density at radius 1 is 1.35 bits per heavy atom. The van der Waals surface area contributed by atoms with E-state index in [-0.39, 0.29) is 18.4 Å². The number of amides is 1. The lowest BCUT2D eigenvalue weighted by Crippen LogP contribution is -2.34. The summed E-state index contributed by atoms with van der Waals surface area (Å²) in [5.74, 6) is -0.0939. The first-order valence-corrected chi connectivity index (χ1v) is 7.74. The molecule has 0 fully saturated rings. The largest absolute Gasteiger partial charge is 0.489 e. The molecule has 2 rings (SSSR count). The Balaban J connectivity index is 2.17. The van der Waals surface area contributed by atoms with Crippen LogP contribution in [0.2, 0.25) is 5.02 Å². The van der Waals surface area contributed by atoms with Crippen molar-refractivity contribution in [2.45, 2.75) is 13.3 Å². The van der Waals surface area contributed by atoms with Crippen molar-refractivity contribution in [2.24, 2.45) is 5.92 Å². The fraction of sp³-hybridized carbons (Fsp3) is 0.500. The van der Waals surface area contributed by atoms with Crippen LogP contribution in [0.15, 0.2) is 12.1 Å². The zero-order valence-electron chi connectivity index (χ0n) is 13.4. The van der Waals surface area contributed by atoms with Crippen LogP contribution in [0.4, 0.5) is 0 Å². The Hall–Kier alpha value is -1.95. The highest BCUT2D eigenvalue weighted by atomic mass is 35.5. The average molecular weight is 342 g/mol. The summed E-state index contributed by atoms with van der Waals surface area (Å²) < 4.78 is 15.8. The van der Waals surface area contributed by atoms with Crippen LogP contribution in [0.5, 0.6) is 11.5 Å². The third kappa shape index (κ3) is 4.07. The van der Waals surface area contributed by atoms with Crippen molar-refractivity contribution in [1.29, 1.82) is 0 Å². The van der Waals surface area contributed by atoms with E-state index in [1.165, 1.54) is 12.0 Å². The van der Waals surface area contributed by atoms with Gasteiger partial charge < -0.3 is 19.1 Å². The van der Waals surface area contributed by atoms with Gasteiger partial charge in [-0.05, 0) is 12.1 Å². The molecular weight excluding hydrogens is 322 g/mol. The molecule has 0 aliphatic carbocycles. The molecule has 7 heteroatoms. The Labute approximate surface area is 140 Å². The molecule has 0 spiro atoms. The summed E-state index contributed by atoms with van der Waals surface area (Å²) in [4.78, 5) is 25.5. The van der Waals surface area contributed by atoms with E-state index in [9.17, 15) is 9.59 Å². The van der Waals surface area contributed by atoms with Crippen molar-refractivity contribution in [3.63, 3.8) is 0 Å². The number of rotatable bonds is 4. The van der Waals surface area contributed by atoms with Crippen molar-refractivity contribution in [3.05, 3.63) is 22.7 Å². The van der Waals surface area contributed by atoms with E-state index >= 15 is 0 Å². The molecule has 23 heavy (non-hydrogen) atoms. The molecule has 0 bridgehead atoms. The maximum atomic E-state index is 12.5. The van der Waals surface area contributed by atoms with E-state index in [1.807, 2.05) is 0 Å². The maximum Gasteiger partial charge on any atom is 0.310 e. The molecule has 1 amide bonds. The fourth-order valence-corrected chi connectivity index (χ4v) is 2.61. The lowest BCUT2D eigenvalue weighted by atomic mass is 10.1. The predicted octanol–water partition coefficient (Wildman–Crippen LogP) is 2.38. The fourth-order valence-electron chi connectivity index (χ4n) is 2.34. The summed E-state index contributed by atoms with van der Waals surface area (Å²) in [5.41, 5.74) is 0.388. The van der Waals surface area contributed by atoms with E-state index in [1.54, 1.807) is 26.1 Å². The Kier molecular flexibility index (Phi) is 5.71. The molecule has 1 heterocycles. The Morgan fingerprint density at radius 2 is 2.04 bits per heavy atom. The van der Waals surface area contributed by atoms with Crippen molar-refractivity contribution in [2.75, 3.05) is 33.9 Å². The van der Waals surface area contributed by atoms with Crippen LogP contribution >= 0.6 is 11.6 Å². The quantitative estimate of drug-likeness (QED) is 0.787. The highest BCUT2D eigenvalue weighted by Crippen LogP contribution is 2.38. The lowest BCUT2D eigenvalue weighted by molar-refractivity contribution is -0.145. The minimum atomic E-state index is -0.412. The van der Waals surface area contributed by atoms with E-state index in [0.29, 0.717) is 35.3 Å². The van der Waals surface area contributed by atoms with Gasteiger partial charge in [-0.25, -0.2) is 0 Å². The molecule has 1 aromatic rings. The van der Waals surface area contributed by atoms with Gasteiger partial charge in [-0.15, -0.1) is 0 Å². The monoisotopic (exact) mass is 341 g/mol. The molecule has 126 valence electrons. The highest BCUT2D eigenvalue weighted by molar-refractivity contribution is 6.32. The second kappa shape index (κ2) is 7.55. The molecule has 0 saturated carbocycles. The van der Waals surface area contributed by atoms with Crippen LogP contribution in [0.25, 0.3) is 0 Å². The number of carbonyl (C=O) groups excluding carboxylic acids is 2. The third-order valence-electron chi connectivity index (χ3n) is 3.55. The number of fused-ring (bicyclic) bond motifs is 1. The second-order valence-electron chi connectivity index (χ2n) is 5.45. The summed E-state index contributed by atoms with van der Waals surface area (Å²) in [7, 11) is 2.95. The number of nitrogens with zero attached hydrogens (tertiary/aromatic N) is 1. The van der Waals surface area contributed by atoms with Crippen molar-refractivity contribution in [1.82, 2.24) is 4.90 Å². The Bertz CT molecular complexity index is 604. The van der Waals surface area contributed by atoms with Gasteiger partial charge in [0.2, 0.25) is 0 Å². The van der Waals surface area contributed by atoms with Gasteiger partial charge in [0.15, 0.2) is 11.5 Å². The third-order valence-corrected chi connectivity index (χ3v) is 3.83. The number of hydrogen-bond acceptors (Lipinski definition) is 5. The highest BCUT2D eigenvalue weighted by Gasteiger charge is 2.23. The molecule has 0 aromatic heterocycles. The molecule has 1 atom stereocenters. The molecule has 1 aliphatic heterocycles. The van der Waals surface area contributed by atoms with Crippen LogP contribution < -0.4 is 9.47 Å². The van der Waals surface area contributed by atoms with Gasteiger partial charge in [-0.1, -0.05) is 18.5 Å². The first-order chi connectivity index (χ1) is 10.9. The maximum absolute atomic E-state index is 12.5. The zero-order chi connectivity index (χ0) is 17.0. The van der Waals surface area contributed by atoms with Gasteiger partial charge in [0.05, 0.1) is 31.3 Å². The first kappa shape index (κ1) is 17.4. The number of esters is 1. The molecule has 0 radical (unpaired) electrons. The van der Waals surface area contributed by atoms with Gasteiger partial charge >= 0.3 is 5.97 Å². The summed E-state index contributed by atoms with van der Waals surface area (Å²) in [6.45, 7) is 2.99. The van der Waals surface area contributed by atoms with Crippen molar-refractivity contribution >= 4 is 23.5 Å². The zero-order valence-corrected chi connectivity index (χ0v) is 14.2. The minimum Gasteiger partial charge on any atom is -0.489 e. The van der Waals surface area contributed by atoms with Crippen LogP contribution in [0.3, 0.4) is 0 Å². The summed E-state index contributed by atoms with van der Waals surface area (Å²) in [6.07, 6.45) is 0.755. The molecule has 1 aliphatic rings. The van der Waals surface area contributed by atoms with Gasteiger partial charge in [-0.2, -0.15) is 0 Å². The second-order valence-corrected chi connectivity index (χ2v) is 5.85. The Morgan fingerprint density at radius 3 is 2.74 bits per heavy atom. The first-order valence-electron chi connectivity index (χ1n) is 7.36. The van der Waals surface area contributed by atoms with Crippen LogP contribution in [-0.4, -0.2) is 50.7 Å². The molecule has 6 nitrogen and oxygen atoms in total. The van der Waals surface area contributed by atoms with E-state index in [2.05, 4.69) is 4.74 Å². The van der Waals surface area contributed by atoms with Gasteiger partial charge in [0.1, 0.15) is 0 Å². The number of methoxy groups -OCH3 is 1. The summed E-state index contributed by atoms with van der Waals surface area (Å²) in [6, 6.07) is 3.17. The predicted molar refractivity (Wildman–Crippen MR) is 85.2 cm³/mol. The normalized spacial score (nSPS) is 14.6. The molecular formula is C16H20ClNO5. The van der Waals surface area contributed by atoms with Crippen molar-refractivity contribution < 1.29 is 23.8 Å². The lowest BCUT2D eigenvalue weighted by Gasteiger charge is -2.21. The van der Waals surface area contributed by atoms with Gasteiger partial charge in [0, 0.05) is 25.6 Å². The van der Waals surface area contributed by atoms with E-state index in [0.717, 1.165) is 6.42 Å². The summed E-state index contributed by atoms with van der Waals surface area (Å²) >= 11 is 6.20. The molecule has 0 N–H and O–H groups in total. The average Bonchev–Trinajstić information content (AvgIpc) is 2.78. The number of hydrogen-bond donors (Lipinski definition) is 0. The smallest absolute Gasteiger partial charge is 0.310 e. The number of halogens is 1. The van der Waals surface area contributed by atoms with Crippen LogP contribution in [-0.2, 0) is 9.53 Å². The summed E-state index contributed by atoms with van der Waals surface area (Å²) in [5, 5.41) is 0.335. The molecule has 0 saturated heterocycles. The number of benzene rings is 1. The topological polar surface area (TPSA) is 65.1 Å². The standard InChI is InChI=1S/C16H20ClNO5/c1-10(16(20)21-3)9-18(2)15(19)11-7-12(17)14-13(8-11)22-5-4-6-23-14/h7-8,10H,4-6,9H2,1-3H3/t10-/m1/s1. The minimum absolute atomic E-state index is 0.248. The number of carbonyl (C=O) groups is 2. The van der Waals surface area contributed by atoms with Crippen LogP contribution in [0, 0.1) is 5.92 Å². The van der Waals surface area contributed by atoms with Crippen LogP contribution in [0.1, 0.15) is 23.7 Å². The van der Waals surface area contributed by atoms with Crippen molar-refractivity contribution in [3.8, 4) is 11.5 Å². The van der Waals surface area contributed by atoms with Gasteiger partial charge in [0.25, 0.3) is 5.91 Å².